The number of likely N-dealkylation sites (tertiary alicyclic amines) is 1. The molecule has 0 aromatic carbocycles. The first kappa shape index (κ1) is 16.3. The monoisotopic (exact) mass is 270 g/mol. The molecule has 19 heavy (non-hydrogen) atoms. The Labute approximate surface area is 117 Å². The fourth-order valence-corrected chi connectivity index (χ4v) is 2.62. The maximum atomic E-state index is 12.4. The van der Waals surface area contributed by atoms with E-state index in [1.54, 1.807) is 0 Å². The van der Waals surface area contributed by atoms with E-state index in [4.69, 9.17) is 10.5 Å². The highest BCUT2D eigenvalue weighted by molar-refractivity contribution is 5.68. The molecule has 0 spiro atoms. The fourth-order valence-electron chi connectivity index (χ4n) is 2.62. The molecular weight excluding hydrogens is 240 g/mol. The van der Waals surface area contributed by atoms with Crippen LogP contribution < -0.4 is 5.73 Å². The van der Waals surface area contributed by atoms with Crippen LogP contribution >= 0.6 is 0 Å². The van der Waals surface area contributed by atoms with Crippen molar-refractivity contribution in [1.29, 1.82) is 0 Å². The van der Waals surface area contributed by atoms with E-state index < -0.39 is 5.60 Å². The van der Waals surface area contributed by atoms with Crippen molar-refractivity contribution in [3.05, 3.63) is 0 Å². The second kappa shape index (κ2) is 5.70. The van der Waals surface area contributed by atoms with E-state index in [1.807, 2.05) is 25.7 Å². The van der Waals surface area contributed by atoms with Gasteiger partial charge in [0.1, 0.15) is 5.60 Å². The van der Waals surface area contributed by atoms with Gasteiger partial charge in [-0.1, -0.05) is 20.8 Å². The van der Waals surface area contributed by atoms with Crippen molar-refractivity contribution in [2.45, 2.75) is 66.0 Å². The van der Waals surface area contributed by atoms with E-state index in [0.29, 0.717) is 12.5 Å². The second-order valence-electron chi connectivity index (χ2n) is 7.59. The Hall–Kier alpha value is -0.770. The maximum absolute atomic E-state index is 12.4. The quantitative estimate of drug-likeness (QED) is 0.839. The van der Waals surface area contributed by atoms with Crippen molar-refractivity contribution >= 4 is 6.09 Å². The lowest BCUT2D eigenvalue weighted by molar-refractivity contribution is -0.0160. The van der Waals surface area contributed by atoms with Crippen LogP contribution in [0, 0.1) is 11.3 Å². The van der Waals surface area contributed by atoms with Crippen molar-refractivity contribution in [1.82, 2.24) is 4.90 Å². The molecule has 0 aromatic heterocycles. The highest BCUT2D eigenvalue weighted by atomic mass is 16.6. The number of nitrogens with zero attached hydrogens (tertiary/aromatic N) is 1. The van der Waals surface area contributed by atoms with Gasteiger partial charge in [0, 0.05) is 12.6 Å². The summed E-state index contributed by atoms with van der Waals surface area (Å²) in [5.74, 6) is 0.309. The van der Waals surface area contributed by atoms with Gasteiger partial charge in [0.05, 0.1) is 0 Å². The lowest BCUT2D eigenvalue weighted by atomic mass is 9.78. The Morgan fingerprint density at radius 3 is 2.53 bits per heavy atom. The predicted molar refractivity (Wildman–Crippen MR) is 78.0 cm³/mol. The van der Waals surface area contributed by atoms with Crippen molar-refractivity contribution in [2.24, 2.45) is 17.1 Å². The lowest BCUT2D eigenvalue weighted by Crippen LogP contribution is -2.54. The summed E-state index contributed by atoms with van der Waals surface area (Å²) in [7, 11) is 0. The molecule has 0 aromatic rings. The molecule has 2 unspecified atom stereocenters. The van der Waals surface area contributed by atoms with E-state index in [0.717, 1.165) is 19.4 Å². The normalized spacial score (nSPS) is 25.0. The summed E-state index contributed by atoms with van der Waals surface area (Å²) >= 11 is 0. The van der Waals surface area contributed by atoms with Gasteiger partial charge in [0.25, 0.3) is 0 Å². The minimum Gasteiger partial charge on any atom is -0.444 e. The SMILES string of the molecule is CC(CN)C1CCC(C)(C)CN1C(=O)OC(C)(C)C. The topological polar surface area (TPSA) is 55.6 Å². The van der Waals surface area contributed by atoms with Crippen LogP contribution in [0.2, 0.25) is 0 Å². The molecule has 1 fully saturated rings. The van der Waals surface area contributed by atoms with Gasteiger partial charge in [-0.15, -0.1) is 0 Å². The number of piperidine rings is 1. The zero-order valence-electron chi connectivity index (χ0n) is 13.3. The molecule has 0 radical (unpaired) electrons. The molecule has 1 aliphatic rings. The third-order valence-corrected chi connectivity index (χ3v) is 3.77. The van der Waals surface area contributed by atoms with Crippen LogP contribution in [0.25, 0.3) is 0 Å². The summed E-state index contributed by atoms with van der Waals surface area (Å²) in [5, 5.41) is 0. The molecule has 0 bridgehead atoms. The van der Waals surface area contributed by atoms with Crippen LogP contribution in [0.3, 0.4) is 0 Å². The van der Waals surface area contributed by atoms with Gasteiger partial charge in [-0.2, -0.15) is 0 Å². The third kappa shape index (κ3) is 4.68. The lowest BCUT2D eigenvalue weighted by Gasteiger charge is -2.45. The molecule has 2 atom stereocenters. The van der Waals surface area contributed by atoms with Crippen LogP contribution in [0.15, 0.2) is 0 Å². The van der Waals surface area contributed by atoms with Gasteiger partial charge in [-0.05, 0) is 51.5 Å². The van der Waals surface area contributed by atoms with Gasteiger partial charge < -0.3 is 15.4 Å². The number of nitrogens with two attached hydrogens (primary N) is 1. The van der Waals surface area contributed by atoms with Crippen LogP contribution in [0.1, 0.15) is 54.4 Å². The summed E-state index contributed by atoms with van der Waals surface area (Å²) in [6.45, 7) is 13.6. The highest BCUT2D eigenvalue weighted by Gasteiger charge is 2.39. The molecule has 4 nitrogen and oxygen atoms in total. The van der Waals surface area contributed by atoms with Crippen LogP contribution in [0.4, 0.5) is 4.79 Å². The third-order valence-electron chi connectivity index (χ3n) is 3.77. The molecule has 0 saturated carbocycles. The number of ether oxygens (including phenoxy) is 1. The number of hydrogen-bond donors (Lipinski definition) is 1. The first-order valence-electron chi connectivity index (χ1n) is 7.25. The molecule has 0 aliphatic carbocycles. The zero-order chi connectivity index (χ0) is 14.8. The van der Waals surface area contributed by atoms with Gasteiger partial charge in [-0.25, -0.2) is 4.79 Å². The van der Waals surface area contributed by atoms with E-state index >= 15 is 0 Å². The summed E-state index contributed by atoms with van der Waals surface area (Å²) in [6.07, 6.45) is 1.93. The largest absolute Gasteiger partial charge is 0.444 e. The molecular formula is C15H30N2O2. The summed E-state index contributed by atoms with van der Waals surface area (Å²) in [4.78, 5) is 14.3. The van der Waals surface area contributed by atoms with Crippen LogP contribution in [0.5, 0.6) is 0 Å². The fraction of sp³-hybridized carbons (Fsp3) is 0.933. The van der Waals surface area contributed by atoms with Gasteiger partial charge in [-0.3, -0.25) is 0 Å². The standard InChI is InChI=1S/C15H30N2O2/c1-11(9-16)12-7-8-15(5,6)10-17(12)13(18)19-14(2,3)4/h11-12H,7-10,16H2,1-6H3. The van der Waals surface area contributed by atoms with Crippen molar-refractivity contribution in [3.63, 3.8) is 0 Å². The van der Waals surface area contributed by atoms with Crippen molar-refractivity contribution in [2.75, 3.05) is 13.1 Å². The first-order valence-corrected chi connectivity index (χ1v) is 7.25. The summed E-state index contributed by atoms with van der Waals surface area (Å²) in [6, 6.07) is 0.202. The van der Waals surface area contributed by atoms with E-state index in [-0.39, 0.29) is 17.6 Å². The Balaban J connectivity index is 2.85. The Kier molecular flexibility index (Phi) is 4.88. The minimum atomic E-state index is -0.449. The maximum Gasteiger partial charge on any atom is 0.410 e. The highest BCUT2D eigenvalue weighted by Crippen LogP contribution is 2.35. The number of carbonyl (C=O) groups is 1. The molecule has 1 aliphatic heterocycles. The van der Waals surface area contributed by atoms with Gasteiger partial charge in [0.2, 0.25) is 0 Å². The Morgan fingerprint density at radius 2 is 2.05 bits per heavy atom. The number of carbonyl (C=O) groups excluding carboxylic acids is 1. The van der Waals surface area contributed by atoms with E-state index in [2.05, 4.69) is 20.8 Å². The zero-order valence-corrected chi connectivity index (χ0v) is 13.3. The van der Waals surface area contributed by atoms with Crippen LogP contribution in [-0.2, 0) is 4.74 Å². The first-order chi connectivity index (χ1) is 8.56. The number of rotatable bonds is 2. The predicted octanol–water partition coefficient (Wildman–Crippen LogP) is 3.01. The van der Waals surface area contributed by atoms with Crippen LogP contribution in [-0.4, -0.2) is 35.7 Å². The van der Waals surface area contributed by atoms with Crippen molar-refractivity contribution in [3.8, 4) is 0 Å². The average molecular weight is 270 g/mol. The summed E-state index contributed by atoms with van der Waals surface area (Å²) < 4.78 is 5.54. The smallest absolute Gasteiger partial charge is 0.410 e. The number of amides is 1. The average Bonchev–Trinajstić information content (AvgIpc) is 2.24. The minimum absolute atomic E-state index is 0.154. The molecule has 112 valence electrons. The molecule has 1 saturated heterocycles. The van der Waals surface area contributed by atoms with Gasteiger partial charge >= 0.3 is 6.09 Å². The molecule has 2 N–H and O–H groups in total. The molecule has 1 rings (SSSR count). The summed E-state index contributed by atoms with van der Waals surface area (Å²) in [5.41, 5.74) is 5.49. The van der Waals surface area contributed by atoms with E-state index in [1.165, 1.54) is 0 Å². The number of hydrogen-bond acceptors (Lipinski definition) is 3. The Bertz CT molecular complexity index is 321. The van der Waals surface area contributed by atoms with E-state index in [9.17, 15) is 4.79 Å². The molecule has 1 amide bonds. The Morgan fingerprint density at radius 1 is 1.47 bits per heavy atom. The van der Waals surface area contributed by atoms with Gasteiger partial charge in [0.15, 0.2) is 0 Å². The van der Waals surface area contributed by atoms with Crippen molar-refractivity contribution < 1.29 is 9.53 Å². The molecule has 1 heterocycles. The molecule has 4 heteroatoms. The second-order valence-corrected chi connectivity index (χ2v) is 7.59.